The number of likely N-dealkylation sites (tertiary alicyclic amines) is 1. The molecule has 5 heteroatoms. The number of rotatable bonds is 5. The van der Waals surface area contributed by atoms with Gasteiger partial charge in [0, 0.05) is 18.0 Å². The fourth-order valence-electron chi connectivity index (χ4n) is 2.34. The van der Waals surface area contributed by atoms with Crippen molar-refractivity contribution in [1.82, 2.24) is 4.90 Å². The van der Waals surface area contributed by atoms with Crippen LogP contribution in [0.4, 0.5) is 0 Å². The Balaban J connectivity index is 2.82. The second kappa shape index (κ2) is 6.86. The minimum atomic E-state index is -0.648. The summed E-state index contributed by atoms with van der Waals surface area (Å²) in [7, 11) is 1.34. The summed E-state index contributed by atoms with van der Waals surface area (Å²) in [6.45, 7) is 6.01. The van der Waals surface area contributed by atoms with E-state index in [2.05, 4.69) is 4.74 Å². The van der Waals surface area contributed by atoms with Crippen molar-refractivity contribution in [2.45, 2.75) is 58.9 Å². The molecule has 1 aliphatic rings. The van der Waals surface area contributed by atoms with Crippen LogP contribution in [-0.4, -0.2) is 42.3 Å². The molecule has 0 aromatic rings. The number of nitrogens with zero attached hydrogens (tertiary/aromatic N) is 1. The van der Waals surface area contributed by atoms with Gasteiger partial charge in [-0.15, -0.1) is 0 Å². The van der Waals surface area contributed by atoms with Gasteiger partial charge in [0.25, 0.3) is 5.91 Å². The Morgan fingerprint density at radius 2 is 1.90 bits per heavy atom. The van der Waals surface area contributed by atoms with Crippen LogP contribution in [0, 0.1) is 5.41 Å². The quantitative estimate of drug-likeness (QED) is 0.571. The van der Waals surface area contributed by atoms with Crippen LogP contribution in [-0.2, 0) is 19.1 Å². The lowest BCUT2D eigenvalue weighted by Gasteiger charge is -2.36. The number of ether oxygens (including phenoxy) is 1. The smallest absolute Gasteiger partial charge is 0.307 e. The Hall–Kier alpha value is -1.39. The maximum Gasteiger partial charge on any atom is 0.307 e. The average Bonchev–Trinajstić information content (AvgIpc) is 2.46. The van der Waals surface area contributed by atoms with Crippen LogP contribution in [0.5, 0.6) is 0 Å². The van der Waals surface area contributed by atoms with Crippen LogP contribution in [0.25, 0.3) is 0 Å². The summed E-state index contributed by atoms with van der Waals surface area (Å²) in [6.07, 6.45) is 3.38. The largest absolute Gasteiger partial charge is 0.469 e. The first-order valence-electron chi connectivity index (χ1n) is 7.25. The summed E-state index contributed by atoms with van der Waals surface area (Å²) in [5, 5.41) is 0. The fraction of sp³-hybridized carbons (Fsp3) is 0.800. The number of Topliss-reactive ketones (excluding diaryl/α,β-unsaturated/α-hetero) is 1. The zero-order chi connectivity index (χ0) is 15.3. The molecule has 1 saturated heterocycles. The van der Waals surface area contributed by atoms with E-state index in [0.717, 1.165) is 19.3 Å². The summed E-state index contributed by atoms with van der Waals surface area (Å²) in [5.41, 5.74) is -0.648. The monoisotopic (exact) mass is 283 g/mol. The molecule has 1 rings (SSSR count). The van der Waals surface area contributed by atoms with Crippen molar-refractivity contribution >= 4 is 17.7 Å². The first kappa shape index (κ1) is 16.7. The molecule has 0 spiro atoms. The second-order valence-corrected chi connectivity index (χ2v) is 5.99. The molecule has 1 amide bonds. The number of carbonyl (C=O) groups excluding carboxylic acids is 3. The third kappa shape index (κ3) is 3.81. The maximum absolute atomic E-state index is 12.4. The molecule has 0 radical (unpaired) electrons. The summed E-state index contributed by atoms with van der Waals surface area (Å²) in [5.74, 6) is -1.15. The van der Waals surface area contributed by atoms with E-state index in [9.17, 15) is 14.4 Å². The molecule has 1 atom stereocenters. The fourth-order valence-corrected chi connectivity index (χ4v) is 2.34. The van der Waals surface area contributed by atoms with Gasteiger partial charge in [0.05, 0.1) is 13.5 Å². The molecule has 0 saturated carbocycles. The molecule has 114 valence electrons. The standard InChI is InChI=1S/C15H25NO4/c1-5-15(2,3)13(18)14(19)16-9-7-6-8-11(16)10-12(17)20-4/h11H,5-10H2,1-4H3. The molecule has 0 bridgehead atoms. The van der Waals surface area contributed by atoms with E-state index >= 15 is 0 Å². The summed E-state index contributed by atoms with van der Waals surface area (Å²) in [6, 6.07) is -0.208. The minimum absolute atomic E-state index is 0.169. The normalized spacial score (nSPS) is 19.6. The lowest BCUT2D eigenvalue weighted by atomic mass is 9.84. The van der Waals surface area contributed by atoms with Crippen LogP contribution in [0.2, 0.25) is 0 Å². The average molecular weight is 283 g/mol. The van der Waals surface area contributed by atoms with Crippen molar-refractivity contribution in [2.75, 3.05) is 13.7 Å². The second-order valence-electron chi connectivity index (χ2n) is 5.99. The van der Waals surface area contributed by atoms with Gasteiger partial charge in [0.2, 0.25) is 5.78 Å². The number of carbonyl (C=O) groups is 3. The number of esters is 1. The van der Waals surface area contributed by atoms with Crippen molar-refractivity contribution in [3.05, 3.63) is 0 Å². The molecule has 1 fully saturated rings. The van der Waals surface area contributed by atoms with E-state index in [-0.39, 0.29) is 24.2 Å². The minimum Gasteiger partial charge on any atom is -0.469 e. The Kier molecular flexibility index (Phi) is 5.72. The van der Waals surface area contributed by atoms with Crippen LogP contribution in [0.1, 0.15) is 52.9 Å². The third-order valence-corrected chi connectivity index (χ3v) is 4.21. The van der Waals surface area contributed by atoms with E-state index in [0.29, 0.717) is 13.0 Å². The summed E-state index contributed by atoms with van der Waals surface area (Å²) >= 11 is 0. The van der Waals surface area contributed by atoms with E-state index < -0.39 is 11.3 Å². The molecule has 1 heterocycles. The number of ketones is 1. The first-order chi connectivity index (χ1) is 9.33. The molecular formula is C15H25NO4. The van der Waals surface area contributed by atoms with Gasteiger partial charge < -0.3 is 9.64 Å². The predicted octanol–water partition coefficient (Wildman–Crippen LogP) is 1.94. The zero-order valence-corrected chi connectivity index (χ0v) is 12.9. The van der Waals surface area contributed by atoms with Crippen LogP contribution in [0.15, 0.2) is 0 Å². The lowest BCUT2D eigenvalue weighted by molar-refractivity contribution is -0.153. The molecule has 1 unspecified atom stereocenters. The molecule has 0 aromatic carbocycles. The van der Waals surface area contributed by atoms with E-state index in [4.69, 9.17) is 0 Å². The lowest BCUT2D eigenvalue weighted by Crippen LogP contribution is -2.50. The molecule has 0 aliphatic carbocycles. The zero-order valence-electron chi connectivity index (χ0n) is 12.9. The number of hydrogen-bond donors (Lipinski definition) is 0. The number of piperidine rings is 1. The highest BCUT2D eigenvalue weighted by molar-refractivity contribution is 6.38. The Morgan fingerprint density at radius 3 is 2.45 bits per heavy atom. The molecule has 5 nitrogen and oxygen atoms in total. The highest BCUT2D eigenvalue weighted by atomic mass is 16.5. The van der Waals surface area contributed by atoms with Crippen LogP contribution < -0.4 is 0 Å². The van der Waals surface area contributed by atoms with Gasteiger partial charge in [0.1, 0.15) is 0 Å². The molecule has 20 heavy (non-hydrogen) atoms. The topological polar surface area (TPSA) is 63.7 Å². The Morgan fingerprint density at radius 1 is 1.25 bits per heavy atom. The van der Waals surface area contributed by atoms with E-state index in [1.54, 1.807) is 18.7 Å². The SMILES string of the molecule is CCC(C)(C)C(=O)C(=O)N1CCCCC1CC(=O)OC. The number of methoxy groups -OCH3 is 1. The molecule has 0 N–H and O–H groups in total. The maximum atomic E-state index is 12.4. The number of hydrogen-bond acceptors (Lipinski definition) is 4. The van der Waals surface area contributed by atoms with Crippen molar-refractivity contribution in [1.29, 1.82) is 0 Å². The van der Waals surface area contributed by atoms with Crippen molar-refractivity contribution in [3.8, 4) is 0 Å². The highest BCUT2D eigenvalue weighted by Gasteiger charge is 2.38. The van der Waals surface area contributed by atoms with Gasteiger partial charge in [-0.2, -0.15) is 0 Å². The first-order valence-corrected chi connectivity index (χ1v) is 7.25. The van der Waals surface area contributed by atoms with Crippen molar-refractivity contribution in [3.63, 3.8) is 0 Å². The molecular weight excluding hydrogens is 258 g/mol. The van der Waals surface area contributed by atoms with Gasteiger partial charge in [-0.3, -0.25) is 14.4 Å². The van der Waals surface area contributed by atoms with Gasteiger partial charge in [0.15, 0.2) is 0 Å². The number of amides is 1. The van der Waals surface area contributed by atoms with Gasteiger partial charge in [-0.05, 0) is 25.7 Å². The van der Waals surface area contributed by atoms with Crippen molar-refractivity contribution < 1.29 is 19.1 Å². The Bertz CT molecular complexity index is 389. The van der Waals surface area contributed by atoms with E-state index in [1.165, 1.54) is 7.11 Å². The molecule has 0 aromatic heterocycles. The van der Waals surface area contributed by atoms with Crippen LogP contribution >= 0.6 is 0 Å². The summed E-state index contributed by atoms with van der Waals surface area (Å²) in [4.78, 5) is 37.7. The Labute approximate surface area is 120 Å². The predicted molar refractivity (Wildman–Crippen MR) is 75.1 cm³/mol. The van der Waals surface area contributed by atoms with Gasteiger partial charge in [-0.1, -0.05) is 20.8 Å². The third-order valence-electron chi connectivity index (χ3n) is 4.21. The molecule has 1 aliphatic heterocycles. The van der Waals surface area contributed by atoms with Gasteiger partial charge >= 0.3 is 5.97 Å². The summed E-state index contributed by atoms with van der Waals surface area (Å²) < 4.78 is 4.67. The van der Waals surface area contributed by atoms with Crippen molar-refractivity contribution in [2.24, 2.45) is 5.41 Å². The van der Waals surface area contributed by atoms with Crippen LogP contribution in [0.3, 0.4) is 0 Å². The highest BCUT2D eigenvalue weighted by Crippen LogP contribution is 2.26. The van der Waals surface area contributed by atoms with E-state index in [1.807, 2.05) is 6.92 Å². The van der Waals surface area contributed by atoms with Gasteiger partial charge in [-0.25, -0.2) is 0 Å².